The van der Waals surface area contributed by atoms with Crippen LogP contribution in [0.2, 0.25) is 0 Å². The van der Waals surface area contributed by atoms with Gasteiger partial charge in [0.15, 0.2) is 35.8 Å². The number of rotatable bonds is 9. The molecule has 3 heterocycles. The number of pyridine rings is 1. The number of anilines is 1. The van der Waals surface area contributed by atoms with E-state index in [-0.39, 0.29) is 11.4 Å². The topological polar surface area (TPSA) is 88.1 Å². The minimum atomic E-state index is -0.746. The molecule has 0 aliphatic carbocycles. The molecule has 0 saturated heterocycles. The molecule has 0 atom stereocenters. The van der Waals surface area contributed by atoms with Crippen molar-refractivity contribution in [3.8, 4) is 17.2 Å². The van der Waals surface area contributed by atoms with Gasteiger partial charge in [-0.2, -0.15) is 9.67 Å². The van der Waals surface area contributed by atoms with E-state index in [1.165, 1.54) is 10.8 Å². The maximum atomic E-state index is 15.4. The summed E-state index contributed by atoms with van der Waals surface area (Å²) in [6.07, 6.45) is 10.5. The molecule has 2 N–H and O–H groups in total. The second-order valence-corrected chi connectivity index (χ2v) is 9.46. The number of aliphatic imine (C=N–C) groups is 1. The van der Waals surface area contributed by atoms with Crippen molar-refractivity contribution in [2.45, 2.75) is 40.5 Å². The number of nitrogens with one attached hydrogen (secondary N) is 2. The second kappa shape index (κ2) is 15.0. The number of unbranched alkanes of at least 4 members (excludes halogenated alkanes) is 1. The minimum Gasteiger partial charge on any atom is -0.490 e. The number of benzene rings is 2. The van der Waals surface area contributed by atoms with Gasteiger partial charge < -0.3 is 20.1 Å². The molecule has 0 amide bonds. The SMILES string of the molecule is CC.CCC/C=C/N=C(Nc1cc(F)c(Oc2ccn3ncnc3c2)cc1F)c1c(C)ccc([N+]2=CCNCC2)c1OC. The van der Waals surface area contributed by atoms with Crippen LogP contribution in [-0.2, 0) is 0 Å². The van der Waals surface area contributed by atoms with Crippen LogP contribution in [0.3, 0.4) is 0 Å². The molecule has 4 aromatic rings. The summed E-state index contributed by atoms with van der Waals surface area (Å²) in [5, 5.41) is 10.3. The van der Waals surface area contributed by atoms with Gasteiger partial charge in [-0.1, -0.05) is 39.3 Å². The standard InChI is InChI=1S/C30H32F2N7O2.C2H6/c1-4-5-6-10-34-30(28-20(2)7-8-25(29(28)40-3)38-14-11-33-12-15-38)37-24-17-23(32)26(18-22(24)31)41-21-9-13-39-27(16-21)35-19-36-39;1-2/h6-10,13-14,16-19,33H,4-5,11-12,15H2,1-3H3,(H,34,37);1-2H3/q+1;/b10-6+;. The quantitative estimate of drug-likeness (QED) is 0.129. The molecule has 226 valence electrons. The first-order valence-electron chi connectivity index (χ1n) is 14.4. The highest BCUT2D eigenvalue weighted by Crippen LogP contribution is 2.35. The highest BCUT2D eigenvalue weighted by molar-refractivity contribution is 6.12. The molecule has 2 aromatic heterocycles. The number of halogens is 2. The lowest BCUT2D eigenvalue weighted by molar-refractivity contribution is -0.439. The molecule has 2 aromatic carbocycles. The summed E-state index contributed by atoms with van der Waals surface area (Å²) >= 11 is 0. The molecule has 9 nitrogen and oxygen atoms in total. The zero-order chi connectivity index (χ0) is 30.8. The number of fused-ring (bicyclic) bond motifs is 1. The van der Waals surface area contributed by atoms with Crippen molar-refractivity contribution in [1.82, 2.24) is 19.9 Å². The van der Waals surface area contributed by atoms with Gasteiger partial charge in [0.05, 0.1) is 31.5 Å². The molecule has 5 rings (SSSR count). The Morgan fingerprint density at radius 2 is 2.02 bits per heavy atom. The smallest absolute Gasteiger partial charge is 0.248 e. The van der Waals surface area contributed by atoms with Crippen LogP contribution < -0.4 is 20.1 Å². The Balaban J connectivity index is 0.00000207. The molecular weight excluding hydrogens is 552 g/mol. The van der Waals surface area contributed by atoms with Crippen LogP contribution in [0.5, 0.6) is 17.2 Å². The Bertz CT molecular complexity index is 1650. The van der Waals surface area contributed by atoms with Gasteiger partial charge in [-0.25, -0.2) is 23.3 Å². The molecule has 1 aliphatic rings. The van der Waals surface area contributed by atoms with E-state index in [0.29, 0.717) is 28.5 Å². The van der Waals surface area contributed by atoms with Gasteiger partial charge >= 0.3 is 0 Å². The molecular formula is C32H38F2N7O2+. The summed E-state index contributed by atoms with van der Waals surface area (Å²) in [6, 6.07) is 9.20. The van der Waals surface area contributed by atoms with Crippen LogP contribution in [0.25, 0.3) is 5.65 Å². The zero-order valence-corrected chi connectivity index (χ0v) is 25.2. The van der Waals surface area contributed by atoms with Crippen molar-refractivity contribution < 1.29 is 22.8 Å². The van der Waals surface area contributed by atoms with Gasteiger partial charge in [0.2, 0.25) is 11.4 Å². The van der Waals surface area contributed by atoms with E-state index >= 15 is 8.78 Å². The summed E-state index contributed by atoms with van der Waals surface area (Å²) in [7, 11) is 1.60. The number of hydrogen-bond acceptors (Lipinski definition) is 6. The summed E-state index contributed by atoms with van der Waals surface area (Å²) < 4.78 is 45.9. The third-order valence-electron chi connectivity index (χ3n) is 6.60. The van der Waals surface area contributed by atoms with Gasteiger partial charge in [-0.15, -0.1) is 0 Å². The molecule has 0 saturated carbocycles. The van der Waals surface area contributed by atoms with Crippen LogP contribution in [-0.4, -0.2) is 58.0 Å². The summed E-state index contributed by atoms with van der Waals surface area (Å²) in [5.41, 5.74) is 2.80. The molecule has 0 spiro atoms. The molecule has 0 fully saturated rings. The highest BCUT2D eigenvalue weighted by Gasteiger charge is 2.26. The molecule has 0 bridgehead atoms. The fourth-order valence-electron chi connectivity index (χ4n) is 4.53. The summed E-state index contributed by atoms with van der Waals surface area (Å²) in [4.78, 5) is 8.72. The van der Waals surface area contributed by atoms with Gasteiger partial charge in [-0.05, 0) is 25.0 Å². The number of allylic oxidation sites excluding steroid dienone is 1. The Morgan fingerprint density at radius 1 is 1.19 bits per heavy atom. The summed E-state index contributed by atoms with van der Waals surface area (Å²) in [6.45, 7) is 10.3. The van der Waals surface area contributed by atoms with Crippen molar-refractivity contribution in [1.29, 1.82) is 0 Å². The molecule has 0 radical (unpaired) electrons. The average molecular weight is 591 g/mol. The Labute approximate surface area is 250 Å². The third-order valence-corrected chi connectivity index (χ3v) is 6.60. The summed E-state index contributed by atoms with van der Waals surface area (Å²) in [5.74, 6) is -0.503. The lowest BCUT2D eigenvalue weighted by atomic mass is 10.0. The number of methoxy groups -OCH3 is 1. The largest absolute Gasteiger partial charge is 0.490 e. The van der Waals surface area contributed by atoms with Gasteiger partial charge in [-0.3, -0.25) is 0 Å². The maximum absolute atomic E-state index is 15.4. The number of hydrogen-bond donors (Lipinski definition) is 2. The maximum Gasteiger partial charge on any atom is 0.248 e. The van der Waals surface area contributed by atoms with E-state index in [0.717, 1.165) is 55.9 Å². The second-order valence-electron chi connectivity index (χ2n) is 9.46. The fraction of sp³-hybridized carbons (Fsp3) is 0.312. The average Bonchev–Trinajstić information content (AvgIpc) is 3.50. The van der Waals surface area contributed by atoms with Crippen molar-refractivity contribution in [3.05, 3.63) is 84.0 Å². The van der Waals surface area contributed by atoms with Crippen molar-refractivity contribution in [3.63, 3.8) is 0 Å². The van der Waals surface area contributed by atoms with Crippen molar-refractivity contribution >= 4 is 29.1 Å². The van der Waals surface area contributed by atoms with Gasteiger partial charge in [0.1, 0.15) is 17.9 Å². The predicted octanol–water partition coefficient (Wildman–Crippen LogP) is 6.63. The molecule has 0 unspecified atom stereocenters. The number of aromatic nitrogens is 3. The van der Waals surface area contributed by atoms with E-state index in [2.05, 4.69) is 43.4 Å². The lowest BCUT2D eigenvalue weighted by Gasteiger charge is -2.19. The lowest BCUT2D eigenvalue weighted by Crippen LogP contribution is -2.33. The van der Waals surface area contributed by atoms with Crippen LogP contribution in [0.4, 0.5) is 20.2 Å². The Morgan fingerprint density at radius 3 is 2.77 bits per heavy atom. The van der Waals surface area contributed by atoms with E-state index in [4.69, 9.17) is 9.47 Å². The van der Waals surface area contributed by atoms with Crippen molar-refractivity contribution in [2.75, 3.05) is 32.1 Å². The van der Waals surface area contributed by atoms with Gasteiger partial charge in [0.25, 0.3) is 0 Å². The predicted molar refractivity (Wildman–Crippen MR) is 166 cm³/mol. The number of amidine groups is 1. The molecule has 43 heavy (non-hydrogen) atoms. The normalized spacial score (nSPS) is 13.5. The first kappa shape index (κ1) is 31.3. The Kier molecular flexibility index (Phi) is 10.9. The van der Waals surface area contributed by atoms with E-state index in [1.54, 1.807) is 31.6 Å². The first-order chi connectivity index (χ1) is 21.0. The van der Waals surface area contributed by atoms with Crippen LogP contribution >= 0.6 is 0 Å². The third kappa shape index (κ3) is 7.42. The van der Waals surface area contributed by atoms with Crippen LogP contribution in [0.15, 0.2) is 66.2 Å². The van der Waals surface area contributed by atoms with Crippen LogP contribution in [0, 0.1) is 18.6 Å². The van der Waals surface area contributed by atoms with Crippen LogP contribution in [0.1, 0.15) is 44.7 Å². The van der Waals surface area contributed by atoms with Crippen molar-refractivity contribution in [2.24, 2.45) is 4.99 Å². The van der Waals surface area contributed by atoms with E-state index in [1.807, 2.05) is 39.0 Å². The van der Waals surface area contributed by atoms with E-state index < -0.39 is 11.6 Å². The number of aryl methyl sites for hydroxylation is 1. The fourth-order valence-corrected chi connectivity index (χ4v) is 4.53. The van der Waals surface area contributed by atoms with Gasteiger partial charge in [0, 0.05) is 36.7 Å². The number of nitrogens with zero attached hydrogens (tertiary/aromatic N) is 5. The van der Waals surface area contributed by atoms with E-state index in [9.17, 15) is 0 Å². The minimum absolute atomic E-state index is 0.0917. The molecule has 11 heteroatoms. The highest BCUT2D eigenvalue weighted by atomic mass is 19.1. The first-order valence-corrected chi connectivity index (χ1v) is 14.4. The zero-order valence-electron chi connectivity index (χ0n) is 25.2. The Hall–Kier alpha value is -4.64. The number of ether oxygens (including phenoxy) is 2. The monoisotopic (exact) mass is 590 g/mol. The molecule has 1 aliphatic heterocycles.